The summed E-state index contributed by atoms with van der Waals surface area (Å²) in [4.78, 5) is 17.2. The van der Waals surface area contributed by atoms with E-state index in [2.05, 4.69) is 23.1 Å². The molecule has 3 nitrogen and oxygen atoms in total. The van der Waals surface area contributed by atoms with Crippen LogP contribution in [-0.2, 0) is 24.3 Å². The SMILES string of the molecule is O=C(C1CCN(Cc2c(F)cccc2Cl)CC1)N1CCc2ccccc2C1. The van der Waals surface area contributed by atoms with Crippen molar-refractivity contribution >= 4 is 17.5 Å². The van der Waals surface area contributed by atoms with E-state index < -0.39 is 0 Å². The van der Waals surface area contributed by atoms with E-state index in [1.807, 2.05) is 11.0 Å². The van der Waals surface area contributed by atoms with Crippen molar-refractivity contribution in [3.63, 3.8) is 0 Å². The average molecular weight is 387 g/mol. The molecule has 0 spiro atoms. The summed E-state index contributed by atoms with van der Waals surface area (Å²) in [6, 6.07) is 13.2. The molecule has 2 aliphatic rings. The van der Waals surface area contributed by atoms with Gasteiger partial charge in [-0.2, -0.15) is 0 Å². The molecule has 0 bridgehead atoms. The van der Waals surface area contributed by atoms with Gasteiger partial charge in [0.2, 0.25) is 5.91 Å². The fourth-order valence-electron chi connectivity index (χ4n) is 4.19. The first-order chi connectivity index (χ1) is 13.1. The van der Waals surface area contributed by atoms with Crippen LogP contribution < -0.4 is 0 Å². The second-order valence-electron chi connectivity index (χ2n) is 7.53. The highest BCUT2D eigenvalue weighted by atomic mass is 35.5. The first-order valence-corrected chi connectivity index (χ1v) is 10.0. The second kappa shape index (κ2) is 7.99. The molecule has 0 radical (unpaired) electrons. The van der Waals surface area contributed by atoms with Gasteiger partial charge in [-0.3, -0.25) is 9.69 Å². The standard InChI is InChI=1S/C22H24ClFN2O/c23-20-6-3-7-21(24)19(20)15-25-11-8-17(9-12-25)22(27)26-13-10-16-4-1-2-5-18(16)14-26/h1-7,17H,8-15H2. The quantitative estimate of drug-likeness (QED) is 0.786. The van der Waals surface area contributed by atoms with Crippen LogP contribution in [0.15, 0.2) is 42.5 Å². The lowest BCUT2D eigenvalue weighted by atomic mass is 9.93. The highest BCUT2D eigenvalue weighted by molar-refractivity contribution is 6.31. The number of fused-ring (bicyclic) bond motifs is 1. The molecule has 0 atom stereocenters. The summed E-state index contributed by atoms with van der Waals surface area (Å²) in [6.07, 6.45) is 2.58. The summed E-state index contributed by atoms with van der Waals surface area (Å²) in [5, 5.41) is 0.472. The summed E-state index contributed by atoms with van der Waals surface area (Å²) in [6.45, 7) is 3.63. The maximum atomic E-state index is 14.0. The Hall–Kier alpha value is -1.91. The van der Waals surface area contributed by atoms with E-state index in [1.54, 1.807) is 12.1 Å². The van der Waals surface area contributed by atoms with Crippen LogP contribution in [0.4, 0.5) is 4.39 Å². The Bertz CT molecular complexity index is 813. The first kappa shape index (κ1) is 18.5. The van der Waals surface area contributed by atoms with Gasteiger partial charge < -0.3 is 4.90 Å². The van der Waals surface area contributed by atoms with E-state index in [0.29, 0.717) is 17.1 Å². The van der Waals surface area contributed by atoms with Crippen molar-refractivity contribution in [2.75, 3.05) is 19.6 Å². The van der Waals surface area contributed by atoms with Crippen molar-refractivity contribution in [2.24, 2.45) is 5.92 Å². The molecular weight excluding hydrogens is 363 g/mol. The molecule has 0 saturated carbocycles. The van der Waals surface area contributed by atoms with Gasteiger partial charge in [-0.25, -0.2) is 4.39 Å². The number of amides is 1. The minimum absolute atomic E-state index is 0.0719. The second-order valence-corrected chi connectivity index (χ2v) is 7.94. The van der Waals surface area contributed by atoms with E-state index >= 15 is 0 Å². The van der Waals surface area contributed by atoms with E-state index in [4.69, 9.17) is 11.6 Å². The van der Waals surface area contributed by atoms with E-state index in [0.717, 1.165) is 45.4 Å². The molecule has 0 aromatic heterocycles. The third-order valence-electron chi connectivity index (χ3n) is 5.82. The number of carbonyl (C=O) groups excluding carboxylic acids is 1. The van der Waals surface area contributed by atoms with Gasteiger partial charge in [-0.15, -0.1) is 0 Å². The molecule has 0 N–H and O–H groups in total. The van der Waals surface area contributed by atoms with E-state index in [-0.39, 0.29) is 17.6 Å². The smallest absolute Gasteiger partial charge is 0.226 e. The lowest BCUT2D eigenvalue weighted by Crippen LogP contribution is -2.44. The Morgan fingerprint density at radius 2 is 1.78 bits per heavy atom. The zero-order chi connectivity index (χ0) is 18.8. The zero-order valence-corrected chi connectivity index (χ0v) is 16.1. The van der Waals surface area contributed by atoms with Crippen LogP contribution in [0.1, 0.15) is 29.5 Å². The molecule has 1 fully saturated rings. The molecule has 2 aliphatic heterocycles. The average Bonchev–Trinajstić information content (AvgIpc) is 2.70. The Morgan fingerprint density at radius 1 is 1.04 bits per heavy atom. The third-order valence-corrected chi connectivity index (χ3v) is 6.18. The molecule has 0 aliphatic carbocycles. The summed E-state index contributed by atoms with van der Waals surface area (Å²) in [5.41, 5.74) is 3.18. The molecule has 1 amide bonds. The van der Waals surface area contributed by atoms with Gasteiger partial charge in [-0.1, -0.05) is 41.9 Å². The van der Waals surface area contributed by atoms with Crippen molar-refractivity contribution in [1.29, 1.82) is 0 Å². The van der Waals surface area contributed by atoms with Gasteiger partial charge in [0.25, 0.3) is 0 Å². The molecule has 2 heterocycles. The van der Waals surface area contributed by atoms with Crippen molar-refractivity contribution < 1.29 is 9.18 Å². The molecular formula is C22H24ClFN2O. The molecule has 0 unspecified atom stereocenters. The van der Waals surface area contributed by atoms with Crippen molar-refractivity contribution in [1.82, 2.24) is 9.80 Å². The van der Waals surface area contributed by atoms with Gasteiger partial charge in [0, 0.05) is 36.1 Å². The van der Waals surface area contributed by atoms with Crippen molar-refractivity contribution in [2.45, 2.75) is 32.4 Å². The van der Waals surface area contributed by atoms with Crippen LogP contribution in [0.5, 0.6) is 0 Å². The normalized spacial score (nSPS) is 18.4. The number of likely N-dealkylation sites (tertiary alicyclic amines) is 1. The third kappa shape index (κ3) is 4.02. The summed E-state index contributed by atoms with van der Waals surface area (Å²) < 4.78 is 14.0. The highest BCUT2D eigenvalue weighted by Crippen LogP contribution is 2.27. The zero-order valence-electron chi connectivity index (χ0n) is 15.3. The number of carbonyl (C=O) groups is 1. The van der Waals surface area contributed by atoms with Gasteiger partial charge in [-0.05, 0) is 55.6 Å². The maximum absolute atomic E-state index is 14.0. The molecule has 2 aromatic rings. The number of halogens is 2. The molecule has 2 aromatic carbocycles. The Balaban J connectivity index is 1.33. The Morgan fingerprint density at radius 3 is 2.52 bits per heavy atom. The number of rotatable bonds is 3. The van der Waals surface area contributed by atoms with Crippen LogP contribution in [0, 0.1) is 11.7 Å². The van der Waals surface area contributed by atoms with Crippen LogP contribution >= 0.6 is 11.6 Å². The van der Waals surface area contributed by atoms with Crippen LogP contribution in [0.3, 0.4) is 0 Å². The number of hydrogen-bond donors (Lipinski definition) is 0. The topological polar surface area (TPSA) is 23.6 Å². The highest BCUT2D eigenvalue weighted by Gasteiger charge is 2.30. The van der Waals surface area contributed by atoms with Crippen LogP contribution in [0.2, 0.25) is 5.02 Å². The molecule has 1 saturated heterocycles. The van der Waals surface area contributed by atoms with E-state index in [1.165, 1.54) is 17.2 Å². The van der Waals surface area contributed by atoms with Gasteiger partial charge in [0.1, 0.15) is 5.82 Å². The lowest BCUT2D eigenvalue weighted by molar-refractivity contribution is -0.138. The van der Waals surface area contributed by atoms with E-state index in [9.17, 15) is 9.18 Å². The fourth-order valence-corrected chi connectivity index (χ4v) is 4.41. The lowest BCUT2D eigenvalue weighted by Gasteiger charge is -2.36. The largest absolute Gasteiger partial charge is 0.338 e. The predicted molar refractivity (Wildman–Crippen MR) is 105 cm³/mol. The van der Waals surface area contributed by atoms with Crippen molar-refractivity contribution in [3.05, 3.63) is 70.0 Å². The fraction of sp³-hybridized carbons (Fsp3) is 0.409. The van der Waals surface area contributed by atoms with Gasteiger partial charge >= 0.3 is 0 Å². The van der Waals surface area contributed by atoms with Gasteiger partial charge in [0.15, 0.2) is 0 Å². The Kier molecular flexibility index (Phi) is 5.46. The maximum Gasteiger partial charge on any atom is 0.226 e. The molecule has 142 valence electrons. The minimum Gasteiger partial charge on any atom is -0.338 e. The number of hydrogen-bond acceptors (Lipinski definition) is 2. The molecule has 5 heteroatoms. The molecule has 4 rings (SSSR count). The number of piperidine rings is 1. The number of nitrogens with zero attached hydrogens (tertiary/aromatic N) is 2. The van der Waals surface area contributed by atoms with Crippen LogP contribution in [-0.4, -0.2) is 35.3 Å². The van der Waals surface area contributed by atoms with Crippen LogP contribution in [0.25, 0.3) is 0 Å². The summed E-state index contributed by atoms with van der Waals surface area (Å²) in [7, 11) is 0. The van der Waals surface area contributed by atoms with Crippen molar-refractivity contribution in [3.8, 4) is 0 Å². The summed E-state index contributed by atoms with van der Waals surface area (Å²) >= 11 is 6.14. The number of benzene rings is 2. The Labute approximate surface area is 164 Å². The first-order valence-electron chi connectivity index (χ1n) is 9.62. The monoisotopic (exact) mass is 386 g/mol. The molecule has 27 heavy (non-hydrogen) atoms. The minimum atomic E-state index is -0.257. The predicted octanol–water partition coefficient (Wildman–Crippen LogP) is 4.28. The summed E-state index contributed by atoms with van der Waals surface area (Å²) in [5.74, 6) is 0.0864. The van der Waals surface area contributed by atoms with Gasteiger partial charge in [0.05, 0.1) is 0 Å².